The highest BCUT2D eigenvalue weighted by Crippen LogP contribution is 2.20. The number of aryl methyl sites for hydroxylation is 1. The van der Waals surface area contributed by atoms with E-state index in [2.05, 4.69) is 4.98 Å². The van der Waals surface area contributed by atoms with Gasteiger partial charge in [-0.3, -0.25) is 4.79 Å². The van der Waals surface area contributed by atoms with Gasteiger partial charge in [-0.2, -0.15) is 0 Å². The quantitative estimate of drug-likeness (QED) is 0.814. The zero-order valence-corrected chi connectivity index (χ0v) is 14.3. The monoisotopic (exact) mass is 318 g/mol. The summed E-state index contributed by atoms with van der Waals surface area (Å²) in [6.45, 7) is 8.64. The molecule has 22 heavy (non-hydrogen) atoms. The Labute approximate surface area is 135 Å². The summed E-state index contributed by atoms with van der Waals surface area (Å²) in [4.78, 5) is 18.0. The van der Waals surface area contributed by atoms with E-state index in [4.69, 9.17) is 4.74 Å². The molecule has 1 aromatic heterocycles. The highest BCUT2D eigenvalue weighted by atomic mass is 32.1. The van der Waals surface area contributed by atoms with Gasteiger partial charge in [0.15, 0.2) is 0 Å². The molecule has 1 aromatic carbocycles. The van der Waals surface area contributed by atoms with Crippen LogP contribution in [0.2, 0.25) is 0 Å². The Morgan fingerprint density at radius 2 is 2.09 bits per heavy atom. The average Bonchev–Trinajstić information content (AvgIpc) is 2.91. The van der Waals surface area contributed by atoms with Gasteiger partial charge in [-0.1, -0.05) is 18.2 Å². The van der Waals surface area contributed by atoms with Crippen molar-refractivity contribution in [2.45, 2.75) is 46.9 Å². The number of ether oxygens (including phenoxy) is 1. The molecule has 2 aromatic rings. The number of hydrogen-bond donors (Lipinski definition) is 0. The molecule has 0 spiro atoms. The van der Waals surface area contributed by atoms with E-state index in [9.17, 15) is 4.79 Å². The fourth-order valence-electron chi connectivity index (χ4n) is 2.18. The molecular formula is C17H22N2O2S. The van der Waals surface area contributed by atoms with E-state index in [1.807, 2.05) is 50.4 Å². The van der Waals surface area contributed by atoms with Crippen molar-refractivity contribution >= 4 is 17.2 Å². The van der Waals surface area contributed by atoms with E-state index in [0.717, 1.165) is 22.0 Å². The molecule has 0 fully saturated rings. The first kappa shape index (κ1) is 16.5. The highest BCUT2D eigenvalue weighted by Gasteiger charge is 2.15. The van der Waals surface area contributed by atoms with E-state index < -0.39 is 0 Å². The second kappa shape index (κ2) is 7.40. The number of hydrogen-bond acceptors (Lipinski definition) is 4. The van der Waals surface area contributed by atoms with Crippen molar-refractivity contribution in [3.63, 3.8) is 0 Å². The molecule has 118 valence electrons. The SMILES string of the molecule is CC(=O)N(Cc1csc(COc2ccccc2C)n1)C(C)C. The minimum atomic E-state index is 0.0701. The van der Waals surface area contributed by atoms with Crippen LogP contribution in [-0.2, 0) is 17.9 Å². The number of benzene rings is 1. The van der Waals surface area contributed by atoms with Crippen LogP contribution in [0.1, 0.15) is 37.0 Å². The number of carbonyl (C=O) groups excluding carboxylic acids is 1. The first-order valence-electron chi connectivity index (χ1n) is 7.36. The molecule has 2 rings (SSSR count). The second-order valence-electron chi connectivity index (χ2n) is 5.53. The van der Waals surface area contributed by atoms with Crippen LogP contribution in [0.5, 0.6) is 5.75 Å². The van der Waals surface area contributed by atoms with Gasteiger partial charge in [0.1, 0.15) is 17.4 Å². The Kier molecular flexibility index (Phi) is 5.55. The first-order valence-corrected chi connectivity index (χ1v) is 8.24. The van der Waals surface area contributed by atoms with Crippen molar-refractivity contribution in [2.24, 2.45) is 0 Å². The van der Waals surface area contributed by atoms with Gasteiger partial charge < -0.3 is 9.64 Å². The third-order valence-corrected chi connectivity index (χ3v) is 4.28. The molecule has 0 N–H and O–H groups in total. The second-order valence-corrected chi connectivity index (χ2v) is 6.47. The van der Waals surface area contributed by atoms with Crippen molar-refractivity contribution < 1.29 is 9.53 Å². The largest absolute Gasteiger partial charge is 0.486 e. The van der Waals surface area contributed by atoms with Crippen LogP contribution in [0.3, 0.4) is 0 Å². The molecule has 1 heterocycles. The molecule has 4 nitrogen and oxygen atoms in total. The number of carbonyl (C=O) groups is 1. The maximum absolute atomic E-state index is 11.6. The van der Waals surface area contributed by atoms with Crippen molar-refractivity contribution in [1.29, 1.82) is 0 Å². The third-order valence-electron chi connectivity index (χ3n) is 3.40. The summed E-state index contributed by atoms with van der Waals surface area (Å²) in [5.74, 6) is 0.951. The van der Waals surface area contributed by atoms with Gasteiger partial charge in [0, 0.05) is 18.3 Å². The molecule has 0 radical (unpaired) electrons. The number of thiazole rings is 1. The Morgan fingerprint density at radius 1 is 1.36 bits per heavy atom. The minimum Gasteiger partial charge on any atom is -0.486 e. The van der Waals surface area contributed by atoms with Gasteiger partial charge >= 0.3 is 0 Å². The van der Waals surface area contributed by atoms with Crippen LogP contribution < -0.4 is 4.74 Å². The standard InChI is InChI=1S/C17H22N2O2S/c1-12(2)19(14(4)20)9-15-11-22-17(18-15)10-21-16-8-6-5-7-13(16)3/h5-8,11-12H,9-10H2,1-4H3. The van der Waals surface area contributed by atoms with Gasteiger partial charge in [-0.15, -0.1) is 11.3 Å². The molecule has 0 aliphatic rings. The lowest BCUT2D eigenvalue weighted by molar-refractivity contribution is -0.131. The van der Waals surface area contributed by atoms with Gasteiger partial charge in [0.05, 0.1) is 12.2 Å². The van der Waals surface area contributed by atoms with Crippen LogP contribution >= 0.6 is 11.3 Å². The summed E-state index contributed by atoms with van der Waals surface area (Å²) in [5.41, 5.74) is 2.03. The molecule has 0 atom stereocenters. The number of aromatic nitrogens is 1. The lowest BCUT2D eigenvalue weighted by Crippen LogP contribution is -2.34. The number of nitrogens with zero attached hydrogens (tertiary/aromatic N) is 2. The van der Waals surface area contributed by atoms with Gasteiger partial charge in [-0.25, -0.2) is 4.98 Å². The average molecular weight is 318 g/mol. The summed E-state index contributed by atoms with van der Waals surface area (Å²) in [6, 6.07) is 8.11. The Morgan fingerprint density at radius 3 is 2.73 bits per heavy atom. The van der Waals surface area contributed by atoms with Crippen molar-refractivity contribution in [2.75, 3.05) is 0 Å². The summed E-state index contributed by atoms with van der Waals surface area (Å²) >= 11 is 1.57. The van der Waals surface area contributed by atoms with Crippen molar-refractivity contribution in [3.05, 3.63) is 45.9 Å². The van der Waals surface area contributed by atoms with Gasteiger partial charge in [-0.05, 0) is 32.4 Å². The Balaban J connectivity index is 1.97. The van der Waals surface area contributed by atoms with E-state index in [-0.39, 0.29) is 11.9 Å². The Hall–Kier alpha value is -1.88. The summed E-state index contributed by atoms with van der Waals surface area (Å²) < 4.78 is 5.80. The normalized spacial score (nSPS) is 10.8. The number of rotatable bonds is 6. The molecule has 0 aliphatic carbocycles. The summed E-state index contributed by atoms with van der Waals surface area (Å²) in [5, 5.41) is 2.92. The number of amides is 1. The number of para-hydroxylation sites is 1. The van der Waals surface area contributed by atoms with Crippen LogP contribution in [0.4, 0.5) is 0 Å². The lowest BCUT2D eigenvalue weighted by atomic mass is 10.2. The van der Waals surface area contributed by atoms with Crippen molar-refractivity contribution in [3.8, 4) is 5.75 Å². The lowest BCUT2D eigenvalue weighted by Gasteiger charge is -2.24. The molecule has 0 aliphatic heterocycles. The smallest absolute Gasteiger partial charge is 0.220 e. The molecule has 0 bridgehead atoms. The van der Waals surface area contributed by atoms with Crippen molar-refractivity contribution in [1.82, 2.24) is 9.88 Å². The topological polar surface area (TPSA) is 42.4 Å². The van der Waals surface area contributed by atoms with Crippen LogP contribution in [0.15, 0.2) is 29.6 Å². The molecule has 0 saturated heterocycles. The van der Waals surface area contributed by atoms with Gasteiger partial charge in [0.25, 0.3) is 0 Å². The maximum atomic E-state index is 11.6. The van der Waals surface area contributed by atoms with Gasteiger partial charge in [0.2, 0.25) is 5.91 Å². The van der Waals surface area contributed by atoms with E-state index in [1.54, 1.807) is 23.2 Å². The maximum Gasteiger partial charge on any atom is 0.220 e. The molecular weight excluding hydrogens is 296 g/mol. The molecule has 1 amide bonds. The van der Waals surface area contributed by atoms with Crippen LogP contribution in [0.25, 0.3) is 0 Å². The summed E-state index contributed by atoms with van der Waals surface area (Å²) in [7, 11) is 0. The summed E-state index contributed by atoms with van der Waals surface area (Å²) in [6.07, 6.45) is 0. The predicted molar refractivity (Wildman–Crippen MR) is 89.0 cm³/mol. The van der Waals surface area contributed by atoms with E-state index in [0.29, 0.717) is 13.2 Å². The molecule has 0 saturated carbocycles. The van der Waals surface area contributed by atoms with E-state index in [1.165, 1.54) is 0 Å². The third kappa shape index (κ3) is 4.31. The fourth-order valence-corrected chi connectivity index (χ4v) is 2.87. The van der Waals surface area contributed by atoms with E-state index >= 15 is 0 Å². The molecule has 0 unspecified atom stereocenters. The highest BCUT2D eigenvalue weighted by molar-refractivity contribution is 7.09. The fraction of sp³-hybridized carbons (Fsp3) is 0.412. The van der Waals surface area contributed by atoms with Crippen LogP contribution in [0, 0.1) is 6.92 Å². The Bertz CT molecular complexity index is 637. The molecule has 5 heteroatoms. The van der Waals surface area contributed by atoms with Crippen LogP contribution in [-0.4, -0.2) is 21.8 Å². The minimum absolute atomic E-state index is 0.0701. The first-order chi connectivity index (χ1) is 10.5. The zero-order chi connectivity index (χ0) is 16.1. The predicted octanol–water partition coefficient (Wildman–Crippen LogP) is 3.79. The zero-order valence-electron chi connectivity index (χ0n) is 13.5.